The lowest BCUT2D eigenvalue weighted by Crippen LogP contribution is -2.15. The third-order valence-corrected chi connectivity index (χ3v) is 2.51. The molecule has 0 aliphatic heterocycles. The van der Waals surface area contributed by atoms with Crippen LogP contribution in [0.4, 0.5) is 0 Å². The third-order valence-electron chi connectivity index (χ3n) is 2.51. The Hall–Kier alpha value is -2.83. The van der Waals surface area contributed by atoms with Gasteiger partial charge >= 0.3 is 17.9 Å². The van der Waals surface area contributed by atoms with Gasteiger partial charge in [-0.05, 0) is 12.1 Å². The van der Waals surface area contributed by atoms with Crippen LogP contribution < -0.4 is 0 Å². The zero-order valence-corrected chi connectivity index (χ0v) is 8.80. The standard InChI is InChI=1S/C11H7NO6/c13-9(14)5-3-4-1-2-12-8(4)7(11(17)18)6(5)10(15)16/h1-3,12H,(H,13,14)(H,15,16)(H,17,18). The van der Waals surface area contributed by atoms with E-state index in [0.29, 0.717) is 5.39 Å². The summed E-state index contributed by atoms with van der Waals surface area (Å²) in [5.41, 5.74) is -1.75. The number of hydrogen-bond acceptors (Lipinski definition) is 3. The highest BCUT2D eigenvalue weighted by molar-refractivity contribution is 6.16. The van der Waals surface area contributed by atoms with Crippen molar-refractivity contribution in [3.05, 3.63) is 35.0 Å². The minimum absolute atomic E-state index is 0.0879. The van der Waals surface area contributed by atoms with E-state index < -0.39 is 34.6 Å². The maximum atomic E-state index is 11.1. The van der Waals surface area contributed by atoms with E-state index in [1.54, 1.807) is 0 Å². The third kappa shape index (κ3) is 1.58. The zero-order chi connectivity index (χ0) is 13.4. The Morgan fingerprint density at radius 2 is 1.56 bits per heavy atom. The number of hydrogen-bond donors (Lipinski definition) is 4. The van der Waals surface area contributed by atoms with Gasteiger partial charge in [0.25, 0.3) is 0 Å². The summed E-state index contributed by atoms with van der Waals surface area (Å²) in [5, 5.41) is 27.3. The molecule has 7 nitrogen and oxygen atoms in total. The summed E-state index contributed by atoms with van der Waals surface area (Å²) in [4.78, 5) is 35.8. The first kappa shape index (κ1) is 11.6. The molecule has 0 radical (unpaired) electrons. The lowest BCUT2D eigenvalue weighted by atomic mass is 9.98. The predicted octanol–water partition coefficient (Wildman–Crippen LogP) is 1.26. The summed E-state index contributed by atoms with van der Waals surface area (Å²) in [5.74, 6) is -4.58. The molecule has 1 aromatic heterocycles. The van der Waals surface area contributed by atoms with Gasteiger partial charge in [0.05, 0.1) is 22.2 Å². The van der Waals surface area contributed by atoms with Crippen molar-refractivity contribution in [1.82, 2.24) is 4.98 Å². The number of H-pyrrole nitrogens is 1. The van der Waals surface area contributed by atoms with Crippen LogP contribution in [-0.4, -0.2) is 38.2 Å². The number of carbonyl (C=O) groups is 3. The number of aromatic amines is 1. The van der Waals surface area contributed by atoms with E-state index in [1.807, 2.05) is 0 Å². The normalized spacial score (nSPS) is 10.4. The maximum absolute atomic E-state index is 11.1. The van der Waals surface area contributed by atoms with E-state index in [9.17, 15) is 14.4 Å². The van der Waals surface area contributed by atoms with Gasteiger partial charge in [0.15, 0.2) is 0 Å². The molecular formula is C11H7NO6. The molecule has 18 heavy (non-hydrogen) atoms. The Kier molecular flexibility index (Phi) is 2.51. The number of rotatable bonds is 3. The molecule has 0 fully saturated rings. The van der Waals surface area contributed by atoms with E-state index in [1.165, 1.54) is 12.3 Å². The van der Waals surface area contributed by atoms with Gasteiger partial charge in [0.2, 0.25) is 0 Å². The van der Waals surface area contributed by atoms with E-state index in [0.717, 1.165) is 6.07 Å². The van der Waals surface area contributed by atoms with Crippen LogP contribution in [0.1, 0.15) is 31.1 Å². The van der Waals surface area contributed by atoms with Gasteiger partial charge in [-0.15, -0.1) is 0 Å². The van der Waals surface area contributed by atoms with Crippen molar-refractivity contribution in [1.29, 1.82) is 0 Å². The molecule has 0 spiro atoms. The maximum Gasteiger partial charge on any atom is 0.338 e. The van der Waals surface area contributed by atoms with E-state index in [2.05, 4.69) is 4.98 Å². The van der Waals surface area contributed by atoms with Crippen LogP contribution in [0.15, 0.2) is 18.3 Å². The highest BCUT2D eigenvalue weighted by Crippen LogP contribution is 2.25. The summed E-state index contributed by atoms with van der Waals surface area (Å²) < 4.78 is 0. The molecule has 0 bridgehead atoms. The largest absolute Gasteiger partial charge is 0.478 e. The topological polar surface area (TPSA) is 128 Å². The van der Waals surface area contributed by atoms with Crippen LogP contribution in [0.2, 0.25) is 0 Å². The molecule has 1 aromatic carbocycles. The molecule has 92 valence electrons. The lowest BCUT2D eigenvalue weighted by molar-refractivity contribution is 0.0634. The highest BCUT2D eigenvalue weighted by atomic mass is 16.4. The molecule has 0 aliphatic rings. The fourth-order valence-corrected chi connectivity index (χ4v) is 1.81. The second kappa shape index (κ2) is 3.88. The molecule has 0 unspecified atom stereocenters. The van der Waals surface area contributed by atoms with Gasteiger partial charge in [0.1, 0.15) is 0 Å². The molecule has 1 heterocycles. The van der Waals surface area contributed by atoms with Crippen LogP contribution in [-0.2, 0) is 0 Å². The SMILES string of the molecule is O=C(O)c1cc2cc[nH]c2c(C(=O)O)c1C(=O)O. The second-order valence-corrected chi connectivity index (χ2v) is 3.53. The first-order valence-electron chi connectivity index (χ1n) is 4.77. The second-order valence-electron chi connectivity index (χ2n) is 3.53. The average molecular weight is 249 g/mol. The molecule has 0 saturated carbocycles. The number of aromatic nitrogens is 1. The van der Waals surface area contributed by atoms with E-state index in [-0.39, 0.29) is 5.52 Å². The van der Waals surface area contributed by atoms with Crippen LogP contribution in [0.5, 0.6) is 0 Å². The Balaban J connectivity index is 3.01. The summed E-state index contributed by atoms with van der Waals surface area (Å²) >= 11 is 0. The van der Waals surface area contributed by atoms with Crippen LogP contribution >= 0.6 is 0 Å². The Morgan fingerprint density at radius 3 is 2.06 bits per heavy atom. The minimum atomic E-state index is -1.60. The van der Waals surface area contributed by atoms with E-state index in [4.69, 9.17) is 15.3 Å². The molecule has 2 aromatic rings. The first-order valence-corrected chi connectivity index (χ1v) is 4.77. The molecular weight excluding hydrogens is 242 g/mol. The number of fused-ring (bicyclic) bond motifs is 1. The van der Waals surface area contributed by atoms with Crippen molar-refractivity contribution in [2.45, 2.75) is 0 Å². The van der Waals surface area contributed by atoms with Gasteiger partial charge < -0.3 is 20.3 Å². The monoisotopic (exact) mass is 249 g/mol. The fourth-order valence-electron chi connectivity index (χ4n) is 1.81. The lowest BCUT2D eigenvalue weighted by Gasteiger charge is -2.07. The van der Waals surface area contributed by atoms with E-state index >= 15 is 0 Å². The highest BCUT2D eigenvalue weighted by Gasteiger charge is 2.27. The molecule has 2 rings (SSSR count). The number of benzene rings is 1. The first-order chi connectivity index (χ1) is 8.43. The smallest absolute Gasteiger partial charge is 0.338 e. The summed E-state index contributed by atoms with van der Waals surface area (Å²) in [6.07, 6.45) is 1.41. The molecule has 4 N–H and O–H groups in total. The number of carboxylic acid groups (broad SMARTS) is 3. The predicted molar refractivity (Wildman–Crippen MR) is 59.2 cm³/mol. The molecule has 0 amide bonds. The van der Waals surface area contributed by atoms with Gasteiger partial charge in [-0.3, -0.25) is 0 Å². The Morgan fingerprint density at radius 1 is 0.944 bits per heavy atom. The molecule has 0 saturated heterocycles. The quantitative estimate of drug-likeness (QED) is 0.648. The van der Waals surface area contributed by atoms with Crippen molar-refractivity contribution < 1.29 is 29.7 Å². The summed E-state index contributed by atoms with van der Waals surface area (Å²) in [6, 6.07) is 2.60. The zero-order valence-electron chi connectivity index (χ0n) is 8.80. The summed E-state index contributed by atoms with van der Waals surface area (Å²) in [6.45, 7) is 0. The molecule has 0 atom stereocenters. The number of aromatic carboxylic acids is 3. The van der Waals surface area contributed by atoms with Gasteiger partial charge in [-0.1, -0.05) is 0 Å². The van der Waals surface area contributed by atoms with Crippen LogP contribution in [0, 0.1) is 0 Å². The average Bonchev–Trinajstić information content (AvgIpc) is 2.72. The van der Waals surface area contributed by atoms with Crippen LogP contribution in [0.3, 0.4) is 0 Å². The Bertz CT molecular complexity index is 684. The van der Waals surface area contributed by atoms with Gasteiger partial charge in [0, 0.05) is 11.6 Å². The van der Waals surface area contributed by atoms with Gasteiger partial charge in [-0.2, -0.15) is 0 Å². The van der Waals surface area contributed by atoms with Crippen molar-refractivity contribution in [3.63, 3.8) is 0 Å². The van der Waals surface area contributed by atoms with Crippen molar-refractivity contribution in [2.75, 3.05) is 0 Å². The Labute approximate surface area is 99.3 Å². The van der Waals surface area contributed by atoms with Crippen molar-refractivity contribution in [2.24, 2.45) is 0 Å². The minimum Gasteiger partial charge on any atom is -0.478 e. The van der Waals surface area contributed by atoms with Crippen molar-refractivity contribution >= 4 is 28.8 Å². The molecule has 0 aliphatic carbocycles. The van der Waals surface area contributed by atoms with Gasteiger partial charge in [-0.25, -0.2) is 14.4 Å². The number of carboxylic acids is 3. The molecule has 7 heteroatoms. The number of nitrogens with one attached hydrogen (secondary N) is 1. The summed E-state index contributed by atoms with van der Waals surface area (Å²) in [7, 11) is 0. The van der Waals surface area contributed by atoms with Crippen LogP contribution in [0.25, 0.3) is 10.9 Å². The fraction of sp³-hybridized carbons (Fsp3) is 0. The van der Waals surface area contributed by atoms with Crippen molar-refractivity contribution in [3.8, 4) is 0 Å².